The van der Waals surface area contributed by atoms with Crippen molar-refractivity contribution in [2.24, 2.45) is 0 Å². The van der Waals surface area contributed by atoms with E-state index in [0.29, 0.717) is 41.5 Å². The van der Waals surface area contributed by atoms with Crippen LogP contribution in [0.5, 0.6) is 5.75 Å². The Balaban J connectivity index is 1.79. The number of aryl methyl sites for hydroxylation is 1. The molecule has 0 aliphatic carbocycles. The Morgan fingerprint density at radius 3 is 2.80 bits per heavy atom. The molecule has 0 bridgehead atoms. The van der Waals surface area contributed by atoms with Gasteiger partial charge in [0.15, 0.2) is 5.13 Å². The Hall–Kier alpha value is -2.76. The van der Waals surface area contributed by atoms with E-state index in [0.717, 1.165) is 14.7 Å². The van der Waals surface area contributed by atoms with E-state index in [1.165, 1.54) is 41.7 Å². The molecule has 1 aromatic carbocycles. The summed E-state index contributed by atoms with van der Waals surface area (Å²) in [5.74, 6) is -0.0699. The molecule has 8 nitrogen and oxygen atoms in total. The topological polar surface area (TPSA) is 91.8 Å². The fourth-order valence-electron chi connectivity index (χ4n) is 3.58. The van der Waals surface area contributed by atoms with Crippen LogP contribution in [0, 0.1) is 6.92 Å². The molecule has 3 amide bonds. The van der Waals surface area contributed by atoms with E-state index in [2.05, 4.69) is 29.5 Å². The van der Waals surface area contributed by atoms with Crippen LogP contribution in [-0.2, 0) is 9.59 Å². The molecule has 2 aromatic rings. The fraction of sp³-hybridized carbons (Fsp3) is 0.333. The van der Waals surface area contributed by atoms with Gasteiger partial charge < -0.3 is 14.5 Å². The monoisotopic (exact) mass is 532 g/mol. The molecule has 3 rings (SSSR count). The van der Waals surface area contributed by atoms with Gasteiger partial charge in [-0.25, -0.2) is 4.98 Å². The molecule has 1 atom stereocenters. The number of carbonyl (C=O) groups excluding carboxylic acids is 3. The maximum Gasteiger partial charge on any atom is 0.257 e. The lowest BCUT2D eigenvalue weighted by Crippen LogP contribution is -2.40. The van der Waals surface area contributed by atoms with E-state index in [1.807, 2.05) is 19.1 Å². The molecule has 1 aromatic heterocycles. The number of likely N-dealkylation sites (N-methyl/N-ethyl adjacent to an activating group) is 1. The smallest absolute Gasteiger partial charge is 0.257 e. The van der Waals surface area contributed by atoms with Crippen LogP contribution < -0.4 is 10.1 Å². The number of anilines is 1. The third kappa shape index (κ3) is 6.28. The summed E-state index contributed by atoms with van der Waals surface area (Å²) < 4.78 is 6.38. The average molecular weight is 533 g/mol. The molecule has 35 heavy (non-hydrogen) atoms. The van der Waals surface area contributed by atoms with Gasteiger partial charge in [0.1, 0.15) is 5.75 Å². The molecule has 1 fully saturated rings. The molecular weight excluding hydrogens is 504 g/mol. The van der Waals surface area contributed by atoms with Gasteiger partial charge >= 0.3 is 0 Å². The number of thiol groups is 1. The third-order valence-electron chi connectivity index (χ3n) is 5.71. The maximum atomic E-state index is 13.4. The first kappa shape index (κ1) is 26.8. The van der Waals surface area contributed by atoms with E-state index < -0.39 is 0 Å². The SMILES string of the molecule is C=CC(=O)N1CCC(N(C)C(=O)c2cc(Sc3cnc(NC(=O)/C(C)=C/S)s3)c(C)cc2OC)C1. The number of likely N-dealkylation sites (tertiary alicyclic amines) is 1. The lowest BCUT2D eigenvalue weighted by atomic mass is 10.1. The highest BCUT2D eigenvalue weighted by atomic mass is 32.2. The van der Waals surface area contributed by atoms with Crippen LogP contribution in [-0.4, -0.2) is 65.8 Å². The summed E-state index contributed by atoms with van der Waals surface area (Å²) in [4.78, 5) is 45.9. The van der Waals surface area contributed by atoms with E-state index in [4.69, 9.17) is 4.74 Å². The molecule has 0 saturated carbocycles. The van der Waals surface area contributed by atoms with Gasteiger partial charge in [0.25, 0.3) is 11.8 Å². The van der Waals surface area contributed by atoms with Gasteiger partial charge in [-0.1, -0.05) is 29.7 Å². The highest BCUT2D eigenvalue weighted by Crippen LogP contribution is 2.38. The number of hydrogen-bond donors (Lipinski definition) is 2. The first-order chi connectivity index (χ1) is 16.7. The Kier molecular flexibility index (Phi) is 9.03. The minimum Gasteiger partial charge on any atom is -0.496 e. The number of hydrogen-bond acceptors (Lipinski definition) is 8. The van der Waals surface area contributed by atoms with Crippen molar-refractivity contribution in [3.63, 3.8) is 0 Å². The van der Waals surface area contributed by atoms with Crippen molar-refractivity contribution >= 4 is 58.6 Å². The number of rotatable bonds is 8. The van der Waals surface area contributed by atoms with Crippen molar-refractivity contribution in [3.8, 4) is 5.75 Å². The van der Waals surface area contributed by atoms with Crippen LogP contribution >= 0.6 is 35.7 Å². The zero-order valence-electron chi connectivity index (χ0n) is 20.0. The number of thiazole rings is 1. The van der Waals surface area contributed by atoms with E-state index in [-0.39, 0.29) is 23.8 Å². The predicted molar refractivity (Wildman–Crippen MR) is 143 cm³/mol. The molecule has 1 saturated heterocycles. The fourth-order valence-corrected chi connectivity index (χ4v) is 5.63. The normalized spacial score (nSPS) is 15.6. The molecule has 1 aliphatic rings. The third-order valence-corrected chi connectivity index (χ3v) is 8.27. The molecule has 1 N–H and O–H groups in total. The average Bonchev–Trinajstić information content (AvgIpc) is 3.53. The molecule has 0 radical (unpaired) electrons. The minimum atomic E-state index is -0.261. The highest BCUT2D eigenvalue weighted by Gasteiger charge is 2.31. The highest BCUT2D eigenvalue weighted by molar-refractivity contribution is 8.01. The molecular formula is C24H28N4O4S3. The number of aromatic nitrogens is 1. The predicted octanol–water partition coefficient (Wildman–Crippen LogP) is 4.24. The van der Waals surface area contributed by atoms with Crippen molar-refractivity contribution < 1.29 is 19.1 Å². The van der Waals surface area contributed by atoms with Crippen molar-refractivity contribution in [1.29, 1.82) is 0 Å². The summed E-state index contributed by atoms with van der Waals surface area (Å²) in [5, 5.41) is 4.67. The number of nitrogens with zero attached hydrogens (tertiary/aromatic N) is 3. The summed E-state index contributed by atoms with van der Waals surface area (Å²) >= 11 is 6.81. The number of methoxy groups -OCH3 is 1. The standard InChI is InChI=1S/C24H28N4O4S3/c1-6-20(29)28-8-7-16(12-28)27(4)23(31)17-10-19(14(2)9-18(17)32-5)34-21-11-25-24(35-21)26-22(30)15(3)13-33/h6,9-11,13,16,33H,1,7-8,12H2,2-5H3,(H,25,26,30)/b15-13+. The molecule has 1 unspecified atom stereocenters. The lowest BCUT2D eigenvalue weighted by Gasteiger charge is -2.26. The van der Waals surface area contributed by atoms with Crippen LogP contribution in [0.2, 0.25) is 0 Å². The van der Waals surface area contributed by atoms with E-state index in [9.17, 15) is 14.4 Å². The number of benzene rings is 1. The van der Waals surface area contributed by atoms with Gasteiger partial charge in [0, 0.05) is 30.6 Å². The summed E-state index contributed by atoms with van der Waals surface area (Å²) in [6.07, 6.45) is 3.69. The quantitative estimate of drug-likeness (QED) is 0.390. The first-order valence-corrected chi connectivity index (χ1v) is 13.0. The summed E-state index contributed by atoms with van der Waals surface area (Å²) in [5.41, 5.74) is 1.88. The summed E-state index contributed by atoms with van der Waals surface area (Å²) in [7, 11) is 3.29. The lowest BCUT2D eigenvalue weighted by molar-refractivity contribution is -0.125. The Morgan fingerprint density at radius 2 is 2.14 bits per heavy atom. The second-order valence-corrected chi connectivity index (χ2v) is 10.6. The van der Waals surface area contributed by atoms with Gasteiger partial charge in [-0.15, -0.1) is 0 Å². The van der Waals surface area contributed by atoms with Gasteiger partial charge in [-0.2, -0.15) is 12.6 Å². The summed E-state index contributed by atoms with van der Waals surface area (Å²) in [6.45, 7) is 8.22. The van der Waals surface area contributed by atoms with Crippen molar-refractivity contribution in [2.45, 2.75) is 35.4 Å². The van der Waals surface area contributed by atoms with E-state index in [1.54, 1.807) is 30.0 Å². The van der Waals surface area contributed by atoms with Crippen LogP contribution in [0.15, 0.2) is 51.1 Å². The number of ether oxygens (including phenoxy) is 1. The number of carbonyl (C=O) groups is 3. The van der Waals surface area contributed by atoms with Gasteiger partial charge in [-0.05, 0) is 49.4 Å². The second-order valence-electron chi connectivity index (χ2n) is 8.02. The van der Waals surface area contributed by atoms with Gasteiger partial charge in [0.05, 0.1) is 29.1 Å². The van der Waals surface area contributed by atoms with Crippen LogP contribution in [0.3, 0.4) is 0 Å². The summed E-state index contributed by atoms with van der Waals surface area (Å²) in [6, 6.07) is 3.58. The van der Waals surface area contributed by atoms with Crippen LogP contribution in [0.4, 0.5) is 5.13 Å². The molecule has 1 aliphatic heterocycles. The molecule has 2 heterocycles. The molecule has 11 heteroatoms. The van der Waals surface area contributed by atoms with Crippen molar-refractivity contribution in [3.05, 3.63) is 53.1 Å². The van der Waals surface area contributed by atoms with Gasteiger partial charge in [0.2, 0.25) is 5.91 Å². The van der Waals surface area contributed by atoms with E-state index >= 15 is 0 Å². The molecule has 186 valence electrons. The van der Waals surface area contributed by atoms with Crippen molar-refractivity contribution in [2.75, 3.05) is 32.6 Å². The van der Waals surface area contributed by atoms with Crippen LogP contribution in [0.1, 0.15) is 29.3 Å². The first-order valence-electron chi connectivity index (χ1n) is 10.8. The maximum absolute atomic E-state index is 13.4. The molecule has 0 spiro atoms. The zero-order chi connectivity index (χ0) is 25.7. The van der Waals surface area contributed by atoms with Gasteiger partial charge in [-0.3, -0.25) is 19.7 Å². The Morgan fingerprint density at radius 1 is 1.40 bits per heavy atom. The Bertz CT molecular complexity index is 1180. The zero-order valence-corrected chi connectivity index (χ0v) is 22.6. The second kappa shape index (κ2) is 11.8. The van der Waals surface area contributed by atoms with Crippen molar-refractivity contribution in [1.82, 2.24) is 14.8 Å². The largest absolute Gasteiger partial charge is 0.496 e. The minimum absolute atomic E-state index is 0.0871. The number of amides is 3. The number of nitrogens with one attached hydrogen (secondary N) is 1. The Labute approximate surface area is 218 Å². The van der Waals surface area contributed by atoms with Crippen LogP contribution in [0.25, 0.3) is 0 Å².